The van der Waals surface area contributed by atoms with Crippen LogP contribution in [0.5, 0.6) is 0 Å². The van der Waals surface area contributed by atoms with Crippen LogP contribution in [0.15, 0.2) is 12.3 Å². The van der Waals surface area contributed by atoms with Crippen LogP contribution in [0.25, 0.3) is 0 Å². The lowest BCUT2D eigenvalue weighted by Crippen LogP contribution is -2.21. The third-order valence-electron chi connectivity index (χ3n) is 2.75. The van der Waals surface area contributed by atoms with Gasteiger partial charge < -0.3 is 13.3 Å². The molecule has 1 aliphatic rings. The third-order valence-corrected chi connectivity index (χ3v) is 3.74. The second-order valence-corrected chi connectivity index (χ2v) is 5.41. The van der Waals surface area contributed by atoms with Gasteiger partial charge in [0.25, 0.3) is 0 Å². The molecule has 1 aliphatic carbocycles. The molecule has 0 aliphatic heterocycles. The average molecular weight is 229 g/mol. The van der Waals surface area contributed by atoms with E-state index in [-0.39, 0.29) is 0 Å². The summed E-state index contributed by atoms with van der Waals surface area (Å²) in [5, 5.41) is 0. The minimum absolute atomic E-state index is 0.685. The summed E-state index contributed by atoms with van der Waals surface area (Å²) in [5.41, 5.74) is 0. The first-order valence-electron chi connectivity index (χ1n) is 5.65. The van der Waals surface area contributed by atoms with Crippen LogP contribution in [0.1, 0.15) is 38.5 Å². The van der Waals surface area contributed by atoms with Crippen molar-refractivity contribution in [2.45, 2.75) is 38.5 Å². The third kappa shape index (κ3) is 5.35. The van der Waals surface area contributed by atoms with Crippen LogP contribution in [0.2, 0.25) is 0 Å². The van der Waals surface area contributed by atoms with Gasteiger partial charge >= 0.3 is 9.53 Å². The molecule has 0 atom stereocenters. The van der Waals surface area contributed by atoms with Gasteiger partial charge in [-0.15, -0.1) is 0 Å². The summed E-state index contributed by atoms with van der Waals surface area (Å²) in [7, 11) is 1.70. The molecule has 0 saturated heterocycles. The van der Waals surface area contributed by atoms with Crippen LogP contribution in [-0.4, -0.2) is 23.7 Å². The molecule has 1 fully saturated rings. The summed E-state index contributed by atoms with van der Waals surface area (Å²) < 4.78 is 15.4. The molecule has 1 rings (SSSR count). The molecule has 3 nitrogen and oxygen atoms in total. The van der Waals surface area contributed by atoms with Gasteiger partial charge in [0.15, 0.2) is 0 Å². The number of hydrogen-bond acceptors (Lipinski definition) is 3. The van der Waals surface area contributed by atoms with Crippen LogP contribution >= 0.6 is 0 Å². The van der Waals surface area contributed by atoms with Gasteiger partial charge in [0.2, 0.25) is 0 Å². The Balaban J connectivity index is 2.22. The molecule has 0 unspecified atom stereocenters. The fourth-order valence-corrected chi connectivity index (χ4v) is 2.44. The van der Waals surface area contributed by atoms with E-state index in [1.165, 1.54) is 38.5 Å². The van der Waals surface area contributed by atoms with E-state index in [1.807, 2.05) is 0 Å². The van der Waals surface area contributed by atoms with E-state index < -0.39 is 9.53 Å². The zero-order valence-electron chi connectivity index (χ0n) is 9.70. The summed E-state index contributed by atoms with van der Waals surface area (Å²) in [6.07, 6.45) is 12.0. The van der Waals surface area contributed by atoms with Crippen LogP contribution in [-0.2, 0) is 13.3 Å². The average Bonchev–Trinajstić information content (AvgIpc) is 2.53. The van der Waals surface area contributed by atoms with E-state index in [1.54, 1.807) is 20.5 Å². The van der Waals surface area contributed by atoms with Gasteiger partial charge in [0.1, 0.15) is 0 Å². The van der Waals surface area contributed by atoms with E-state index in [0.717, 1.165) is 0 Å². The molecule has 15 heavy (non-hydrogen) atoms. The Morgan fingerprint density at radius 1 is 1.00 bits per heavy atom. The molecule has 0 bridgehead atoms. The molecule has 1 radical (unpaired) electrons. The van der Waals surface area contributed by atoms with Gasteiger partial charge in [0, 0.05) is 14.2 Å². The largest absolute Gasteiger partial charge is 0.655 e. The highest BCUT2D eigenvalue weighted by Gasteiger charge is 2.15. The molecule has 4 heteroatoms. The van der Waals surface area contributed by atoms with Crippen molar-refractivity contribution in [3.05, 3.63) is 12.3 Å². The quantitative estimate of drug-likeness (QED) is 0.412. The first-order chi connectivity index (χ1) is 7.36. The van der Waals surface area contributed by atoms with Crippen molar-refractivity contribution >= 4 is 9.53 Å². The summed E-state index contributed by atoms with van der Waals surface area (Å²) in [4.78, 5) is 0. The first-order valence-corrected chi connectivity index (χ1v) is 6.87. The van der Waals surface area contributed by atoms with Crippen molar-refractivity contribution in [2.75, 3.05) is 14.2 Å². The predicted molar refractivity (Wildman–Crippen MR) is 61.2 cm³/mol. The van der Waals surface area contributed by atoms with Gasteiger partial charge in [0.05, 0.1) is 6.26 Å². The fraction of sp³-hybridized carbons (Fsp3) is 0.818. The van der Waals surface area contributed by atoms with Gasteiger partial charge in [-0.25, -0.2) is 0 Å². The Hall–Kier alpha value is -0.323. The van der Waals surface area contributed by atoms with E-state index in [0.29, 0.717) is 5.92 Å². The normalized spacial score (nSPS) is 19.7. The Bertz CT molecular complexity index is 173. The molecule has 1 saturated carbocycles. The molecule has 0 heterocycles. The van der Waals surface area contributed by atoms with Crippen molar-refractivity contribution in [3.8, 4) is 0 Å². The maximum absolute atomic E-state index is 5.36. The zero-order chi connectivity index (χ0) is 10.9. The fourth-order valence-electron chi connectivity index (χ4n) is 1.89. The van der Waals surface area contributed by atoms with Gasteiger partial charge in [-0.05, 0) is 24.8 Å². The van der Waals surface area contributed by atoms with Crippen LogP contribution in [0, 0.1) is 5.92 Å². The lowest BCUT2D eigenvalue weighted by atomic mass is 10.0. The van der Waals surface area contributed by atoms with Crippen molar-refractivity contribution in [1.82, 2.24) is 0 Å². The predicted octanol–water partition coefficient (Wildman–Crippen LogP) is 2.76. The molecule has 0 aromatic rings. The number of hydrogen-bond donors (Lipinski definition) is 0. The standard InChI is InChI=1S/C11H21O3Si/c1-12-15(13-2)14-10-9-11-7-5-3-4-6-8-11/h9-11H,3-8H2,1-2H3. The number of allylic oxidation sites excluding steroid dienone is 1. The molecule has 0 N–H and O–H groups in total. The summed E-state index contributed by atoms with van der Waals surface area (Å²) in [6.45, 7) is 0. The first kappa shape index (κ1) is 12.7. The van der Waals surface area contributed by atoms with Gasteiger partial charge in [-0.1, -0.05) is 25.7 Å². The molecular weight excluding hydrogens is 208 g/mol. The SMILES string of the molecule is CO[Si](OC)OC=CC1CCCCCC1. The Morgan fingerprint density at radius 3 is 2.13 bits per heavy atom. The van der Waals surface area contributed by atoms with Crippen LogP contribution in [0.4, 0.5) is 0 Å². The highest BCUT2D eigenvalue weighted by atomic mass is 28.3. The minimum Gasteiger partial charge on any atom is -0.505 e. The maximum Gasteiger partial charge on any atom is 0.655 e. The minimum atomic E-state index is -1.52. The van der Waals surface area contributed by atoms with Gasteiger partial charge in [-0.3, -0.25) is 0 Å². The molecule has 87 valence electrons. The Morgan fingerprint density at radius 2 is 1.60 bits per heavy atom. The second kappa shape index (κ2) is 7.90. The lowest BCUT2D eigenvalue weighted by molar-refractivity contribution is 0.180. The molecule has 0 amide bonds. The summed E-state index contributed by atoms with van der Waals surface area (Å²) >= 11 is 0. The molecular formula is C11H21O3Si. The summed E-state index contributed by atoms with van der Waals surface area (Å²) in [5.74, 6) is 0.685. The number of rotatable bonds is 5. The van der Waals surface area contributed by atoms with Crippen molar-refractivity contribution in [1.29, 1.82) is 0 Å². The smallest absolute Gasteiger partial charge is 0.505 e. The Labute approximate surface area is 94.4 Å². The molecule has 0 aromatic carbocycles. The van der Waals surface area contributed by atoms with E-state index >= 15 is 0 Å². The lowest BCUT2D eigenvalue weighted by Gasteiger charge is -2.09. The molecule has 0 spiro atoms. The monoisotopic (exact) mass is 229 g/mol. The highest BCUT2D eigenvalue weighted by Crippen LogP contribution is 2.23. The van der Waals surface area contributed by atoms with Crippen molar-refractivity contribution in [2.24, 2.45) is 5.92 Å². The van der Waals surface area contributed by atoms with Gasteiger partial charge in [-0.2, -0.15) is 0 Å². The van der Waals surface area contributed by atoms with E-state index in [2.05, 4.69) is 6.08 Å². The zero-order valence-corrected chi connectivity index (χ0v) is 10.7. The summed E-state index contributed by atoms with van der Waals surface area (Å²) in [6, 6.07) is 0. The second-order valence-electron chi connectivity index (χ2n) is 3.86. The highest BCUT2D eigenvalue weighted by molar-refractivity contribution is 6.36. The molecule has 0 aromatic heterocycles. The Kier molecular flexibility index (Phi) is 6.71. The van der Waals surface area contributed by atoms with Crippen molar-refractivity contribution < 1.29 is 13.3 Å². The van der Waals surface area contributed by atoms with Crippen LogP contribution in [0.3, 0.4) is 0 Å². The van der Waals surface area contributed by atoms with E-state index in [9.17, 15) is 0 Å². The van der Waals surface area contributed by atoms with E-state index in [4.69, 9.17) is 13.3 Å². The topological polar surface area (TPSA) is 27.7 Å². The van der Waals surface area contributed by atoms with Crippen molar-refractivity contribution in [3.63, 3.8) is 0 Å². The van der Waals surface area contributed by atoms with Crippen LogP contribution < -0.4 is 0 Å². The maximum atomic E-state index is 5.36.